The van der Waals surface area contributed by atoms with E-state index >= 15 is 0 Å². The van der Waals surface area contributed by atoms with Crippen LogP contribution in [0.5, 0.6) is 0 Å². The molecule has 1 aliphatic rings. The van der Waals surface area contributed by atoms with Gasteiger partial charge in [-0.15, -0.1) is 11.3 Å². The van der Waals surface area contributed by atoms with E-state index in [0.717, 1.165) is 11.4 Å². The van der Waals surface area contributed by atoms with Crippen LogP contribution in [0.2, 0.25) is 0 Å². The minimum absolute atomic E-state index is 0.130. The molecule has 2 amide bonds. The van der Waals surface area contributed by atoms with E-state index < -0.39 is 0 Å². The largest absolute Gasteiger partial charge is 0.350 e. The van der Waals surface area contributed by atoms with Crippen LogP contribution in [0.4, 0.5) is 16.5 Å². The number of nitrogens with one attached hydrogen (secondary N) is 2. The number of pyridine rings is 1. The number of amides is 2. The number of fused-ring (bicyclic) bond motifs is 1. The second-order valence-corrected chi connectivity index (χ2v) is 6.67. The SMILES string of the molecule is C=C1Nc2ccccc2N(CC(=O)Nc2nc(-c3ccccn3)cs2)C1=O. The first-order valence-electron chi connectivity index (χ1n) is 8.15. The Hall–Kier alpha value is -3.52. The van der Waals surface area contributed by atoms with E-state index in [9.17, 15) is 9.59 Å². The number of nitrogens with zero attached hydrogens (tertiary/aromatic N) is 3. The molecule has 4 rings (SSSR count). The number of carbonyl (C=O) groups excluding carboxylic acids is 2. The molecule has 134 valence electrons. The Kier molecular flexibility index (Phi) is 4.39. The normalized spacial score (nSPS) is 13.1. The molecule has 1 aromatic carbocycles. The highest BCUT2D eigenvalue weighted by atomic mass is 32.1. The second-order valence-electron chi connectivity index (χ2n) is 5.81. The van der Waals surface area contributed by atoms with Crippen LogP contribution in [0.3, 0.4) is 0 Å². The van der Waals surface area contributed by atoms with E-state index in [1.165, 1.54) is 16.2 Å². The molecule has 0 spiro atoms. The van der Waals surface area contributed by atoms with Crippen LogP contribution in [0.25, 0.3) is 11.4 Å². The van der Waals surface area contributed by atoms with Crippen LogP contribution < -0.4 is 15.5 Å². The van der Waals surface area contributed by atoms with Crippen LogP contribution in [0.15, 0.2) is 66.3 Å². The summed E-state index contributed by atoms with van der Waals surface area (Å²) < 4.78 is 0. The molecule has 0 saturated heterocycles. The van der Waals surface area contributed by atoms with Crippen LogP contribution in [-0.4, -0.2) is 28.3 Å². The third-order valence-electron chi connectivity index (χ3n) is 3.96. The van der Waals surface area contributed by atoms with Gasteiger partial charge >= 0.3 is 0 Å². The van der Waals surface area contributed by atoms with Gasteiger partial charge in [0.1, 0.15) is 12.2 Å². The molecule has 3 heterocycles. The van der Waals surface area contributed by atoms with Gasteiger partial charge in [0, 0.05) is 11.6 Å². The predicted octanol–water partition coefficient (Wildman–Crippen LogP) is 3.12. The van der Waals surface area contributed by atoms with Gasteiger partial charge in [0.05, 0.1) is 22.8 Å². The van der Waals surface area contributed by atoms with Gasteiger partial charge in [-0.25, -0.2) is 4.98 Å². The molecule has 0 aliphatic carbocycles. The van der Waals surface area contributed by atoms with E-state index in [2.05, 4.69) is 27.2 Å². The molecule has 1 aliphatic heterocycles. The Morgan fingerprint density at radius 1 is 1.19 bits per heavy atom. The number of rotatable bonds is 4. The molecule has 0 saturated carbocycles. The van der Waals surface area contributed by atoms with Gasteiger partial charge in [0.2, 0.25) is 5.91 Å². The van der Waals surface area contributed by atoms with E-state index in [4.69, 9.17) is 0 Å². The number of carbonyl (C=O) groups is 2. The molecular weight excluding hydrogens is 362 g/mol. The van der Waals surface area contributed by atoms with Crippen LogP contribution in [0, 0.1) is 0 Å². The number of anilines is 3. The van der Waals surface area contributed by atoms with Crippen LogP contribution in [0.1, 0.15) is 0 Å². The molecule has 2 N–H and O–H groups in total. The summed E-state index contributed by atoms with van der Waals surface area (Å²) in [6.07, 6.45) is 1.69. The lowest BCUT2D eigenvalue weighted by atomic mass is 10.1. The van der Waals surface area contributed by atoms with Crippen molar-refractivity contribution in [3.05, 3.63) is 66.3 Å². The van der Waals surface area contributed by atoms with Crippen LogP contribution >= 0.6 is 11.3 Å². The molecule has 7 nitrogen and oxygen atoms in total. The van der Waals surface area contributed by atoms with Crippen molar-refractivity contribution in [1.29, 1.82) is 0 Å². The van der Waals surface area contributed by atoms with Crippen molar-refractivity contribution < 1.29 is 9.59 Å². The van der Waals surface area contributed by atoms with Crippen molar-refractivity contribution in [2.45, 2.75) is 0 Å². The number of aromatic nitrogens is 2. The zero-order valence-corrected chi connectivity index (χ0v) is 15.0. The summed E-state index contributed by atoms with van der Waals surface area (Å²) in [5.74, 6) is -0.674. The molecule has 0 radical (unpaired) electrons. The second kappa shape index (κ2) is 7.00. The maximum Gasteiger partial charge on any atom is 0.274 e. The Labute approximate surface area is 159 Å². The fourth-order valence-electron chi connectivity index (χ4n) is 2.73. The molecule has 0 bridgehead atoms. The van der Waals surface area contributed by atoms with Crippen molar-refractivity contribution in [2.75, 3.05) is 22.1 Å². The molecule has 0 atom stereocenters. The van der Waals surface area contributed by atoms with Gasteiger partial charge in [-0.2, -0.15) is 0 Å². The standard InChI is InChI=1S/C19H15N5O2S/c1-12-18(26)24(16-8-3-2-7-14(16)21-12)10-17(25)23-19-22-15(11-27-19)13-6-4-5-9-20-13/h2-9,11,21H,1,10H2,(H,22,23,25). The van der Waals surface area contributed by atoms with E-state index in [0.29, 0.717) is 16.5 Å². The molecule has 3 aromatic rings. The van der Waals surface area contributed by atoms with E-state index in [-0.39, 0.29) is 24.1 Å². The summed E-state index contributed by atoms with van der Waals surface area (Å²) >= 11 is 1.31. The molecular formula is C19H15N5O2S. The van der Waals surface area contributed by atoms with Crippen molar-refractivity contribution in [2.24, 2.45) is 0 Å². The molecule has 2 aromatic heterocycles. The first-order valence-corrected chi connectivity index (χ1v) is 9.03. The highest BCUT2D eigenvalue weighted by Crippen LogP contribution is 2.32. The molecule has 8 heteroatoms. The Balaban J connectivity index is 1.49. The van der Waals surface area contributed by atoms with Crippen molar-refractivity contribution in [3.63, 3.8) is 0 Å². The lowest BCUT2D eigenvalue weighted by molar-refractivity contribution is -0.119. The maximum atomic E-state index is 12.5. The summed E-state index contributed by atoms with van der Waals surface area (Å²) in [5, 5.41) is 7.97. The fourth-order valence-corrected chi connectivity index (χ4v) is 3.45. The number of hydrogen-bond acceptors (Lipinski definition) is 6. The number of para-hydroxylation sites is 2. The molecule has 0 unspecified atom stereocenters. The van der Waals surface area contributed by atoms with Crippen LogP contribution in [-0.2, 0) is 9.59 Å². The highest BCUT2D eigenvalue weighted by Gasteiger charge is 2.28. The van der Waals surface area contributed by atoms with Gasteiger partial charge in [0.15, 0.2) is 5.13 Å². The summed E-state index contributed by atoms with van der Waals surface area (Å²) in [5.41, 5.74) is 3.03. The number of benzene rings is 1. The summed E-state index contributed by atoms with van der Waals surface area (Å²) in [6.45, 7) is 3.59. The Morgan fingerprint density at radius 2 is 2.00 bits per heavy atom. The first kappa shape index (κ1) is 16.9. The quantitative estimate of drug-likeness (QED) is 0.682. The van der Waals surface area contributed by atoms with Gasteiger partial charge in [-0.3, -0.25) is 19.5 Å². The van der Waals surface area contributed by atoms with Gasteiger partial charge in [-0.05, 0) is 24.3 Å². The summed E-state index contributed by atoms with van der Waals surface area (Å²) in [6, 6.07) is 12.8. The van der Waals surface area contributed by atoms with Gasteiger partial charge in [0.25, 0.3) is 5.91 Å². The minimum Gasteiger partial charge on any atom is -0.350 e. The van der Waals surface area contributed by atoms with Gasteiger partial charge < -0.3 is 10.6 Å². The number of hydrogen-bond donors (Lipinski definition) is 2. The highest BCUT2D eigenvalue weighted by molar-refractivity contribution is 7.14. The Morgan fingerprint density at radius 3 is 2.81 bits per heavy atom. The van der Waals surface area contributed by atoms with Gasteiger partial charge in [-0.1, -0.05) is 24.8 Å². The van der Waals surface area contributed by atoms with E-state index in [1.54, 1.807) is 12.3 Å². The lowest BCUT2D eigenvalue weighted by Crippen LogP contribution is -2.42. The third kappa shape index (κ3) is 3.42. The third-order valence-corrected chi connectivity index (χ3v) is 4.72. The lowest BCUT2D eigenvalue weighted by Gasteiger charge is -2.30. The number of thiazole rings is 1. The van der Waals surface area contributed by atoms with Crippen molar-refractivity contribution >= 4 is 39.7 Å². The predicted molar refractivity (Wildman–Crippen MR) is 106 cm³/mol. The Bertz CT molecular complexity index is 1030. The average Bonchev–Trinajstić information content (AvgIpc) is 3.14. The zero-order chi connectivity index (χ0) is 18.8. The van der Waals surface area contributed by atoms with Crippen molar-refractivity contribution in [3.8, 4) is 11.4 Å². The van der Waals surface area contributed by atoms with E-state index in [1.807, 2.05) is 41.8 Å². The minimum atomic E-state index is -0.338. The van der Waals surface area contributed by atoms with Crippen molar-refractivity contribution in [1.82, 2.24) is 9.97 Å². The topological polar surface area (TPSA) is 87.2 Å². The monoisotopic (exact) mass is 377 g/mol. The summed E-state index contributed by atoms with van der Waals surface area (Å²) in [4.78, 5) is 34.9. The summed E-state index contributed by atoms with van der Waals surface area (Å²) in [7, 11) is 0. The maximum absolute atomic E-state index is 12.5. The first-order chi connectivity index (χ1) is 13.1. The molecule has 27 heavy (non-hydrogen) atoms. The fraction of sp³-hybridized carbons (Fsp3) is 0.0526. The smallest absolute Gasteiger partial charge is 0.274 e. The molecule has 0 fully saturated rings. The average molecular weight is 377 g/mol. The zero-order valence-electron chi connectivity index (χ0n) is 14.2.